The third-order valence-corrected chi connectivity index (χ3v) is 5.32. The lowest BCUT2D eigenvalue weighted by molar-refractivity contribution is 0.0145. The Morgan fingerprint density at radius 3 is 2.04 bits per heavy atom. The number of hydrogen-bond donors (Lipinski definition) is 0. The summed E-state index contributed by atoms with van der Waals surface area (Å²) >= 11 is 0. The molecule has 0 fully saturated rings. The molecular formula is C23H34O2. The van der Waals surface area contributed by atoms with Gasteiger partial charge in [-0.25, -0.2) is 0 Å². The molecule has 2 rings (SSSR count). The molecule has 0 spiro atoms. The Bertz CT molecular complexity index is 532. The molecule has 1 aromatic rings. The van der Waals surface area contributed by atoms with Gasteiger partial charge in [-0.15, -0.1) is 0 Å². The fourth-order valence-electron chi connectivity index (χ4n) is 3.73. The number of ether oxygens (including phenoxy) is 2. The van der Waals surface area contributed by atoms with E-state index in [2.05, 4.69) is 76.3 Å². The summed E-state index contributed by atoms with van der Waals surface area (Å²) in [4.78, 5) is 0. The Labute approximate surface area is 153 Å². The fraction of sp³-hybridized carbons (Fsp3) is 0.565. The van der Waals surface area contributed by atoms with Crippen LogP contribution >= 0.6 is 0 Å². The van der Waals surface area contributed by atoms with Gasteiger partial charge < -0.3 is 9.47 Å². The van der Waals surface area contributed by atoms with Crippen LogP contribution in [0.2, 0.25) is 0 Å². The summed E-state index contributed by atoms with van der Waals surface area (Å²) in [5.41, 5.74) is 1.23. The number of methoxy groups -OCH3 is 1. The lowest BCUT2D eigenvalue weighted by atomic mass is 9.79. The first-order valence-electron chi connectivity index (χ1n) is 9.54. The highest BCUT2D eigenvalue weighted by Gasteiger charge is 2.27. The maximum atomic E-state index is 5.91. The van der Waals surface area contributed by atoms with Crippen molar-refractivity contribution >= 4 is 0 Å². The first-order valence-corrected chi connectivity index (χ1v) is 9.54. The zero-order valence-corrected chi connectivity index (χ0v) is 16.4. The maximum Gasteiger partial charge on any atom is 0.0717 e. The number of benzene rings is 1. The van der Waals surface area contributed by atoms with Gasteiger partial charge in [-0.1, -0.05) is 82.3 Å². The monoisotopic (exact) mass is 342 g/mol. The van der Waals surface area contributed by atoms with Crippen molar-refractivity contribution in [2.24, 2.45) is 29.6 Å². The predicted octanol–water partition coefficient (Wildman–Crippen LogP) is 5.50. The maximum absolute atomic E-state index is 5.91. The fourth-order valence-corrected chi connectivity index (χ4v) is 3.73. The van der Waals surface area contributed by atoms with E-state index >= 15 is 0 Å². The van der Waals surface area contributed by atoms with Crippen LogP contribution in [0.25, 0.3) is 0 Å². The van der Waals surface area contributed by atoms with Gasteiger partial charge in [-0.05, 0) is 35.2 Å². The molecule has 0 N–H and O–H groups in total. The molecule has 25 heavy (non-hydrogen) atoms. The van der Waals surface area contributed by atoms with E-state index in [0.717, 1.165) is 6.61 Å². The minimum absolute atomic E-state index is 0.294. The summed E-state index contributed by atoms with van der Waals surface area (Å²) in [7, 11) is 1.83. The quantitative estimate of drug-likeness (QED) is 0.551. The van der Waals surface area contributed by atoms with E-state index in [1.54, 1.807) is 0 Å². The Morgan fingerprint density at radius 2 is 1.48 bits per heavy atom. The highest BCUT2D eigenvalue weighted by molar-refractivity contribution is 5.16. The minimum atomic E-state index is 0.294. The summed E-state index contributed by atoms with van der Waals surface area (Å²) in [6.07, 6.45) is 9.71. The molecular weight excluding hydrogens is 308 g/mol. The van der Waals surface area contributed by atoms with Crippen molar-refractivity contribution in [2.75, 3.05) is 13.7 Å². The lowest BCUT2D eigenvalue weighted by Gasteiger charge is -2.32. The zero-order chi connectivity index (χ0) is 18.2. The summed E-state index contributed by atoms with van der Waals surface area (Å²) in [6.45, 7) is 10.5. The van der Waals surface area contributed by atoms with E-state index in [4.69, 9.17) is 9.47 Å². The van der Waals surface area contributed by atoms with Crippen molar-refractivity contribution in [1.82, 2.24) is 0 Å². The van der Waals surface area contributed by atoms with Gasteiger partial charge in [0.2, 0.25) is 0 Å². The third-order valence-electron chi connectivity index (χ3n) is 5.32. The van der Waals surface area contributed by atoms with Gasteiger partial charge in [0.15, 0.2) is 0 Å². The van der Waals surface area contributed by atoms with E-state index < -0.39 is 0 Å². The molecule has 1 aliphatic carbocycles. The molecule has 1 aliphatic rings. The topological polar surface area (TPSA) is 18.5 Å². The van der Waals surface area contributed by atoms with Crippen molar-refractivity contribution < 1.29 is 9.47 Å². The average Bonchev–Trinajstić information content (AvgIpc) is 2.63. The van der Waals surface area contributed by atoms with Gasteiger partial charge >= 0.3 is 0 Å². The van der Waals surface area contributed by atoms with E-state index in [1.807, 2.05) is 13.2 Å². The largest absolute Gasteiger partial charge is 0.381 e. The van der Waals surface area contributed by atoms with Crippen LogP contribution < -0.4 is 0 Å². The molecule has 138 valence electrons. The molecule has 1 aromatic carbocycles. The Hall–Kier alpha value is -1.38. The van der Waals surface area contributed by atoms with Crippen LogP contribution in [0.4, 0.5) is 0 Å². The molecule has 0 aromatic heterocycles. The molecule has 0 aliphatic heterocycles. The van der Waals surface area contributed by atoms with Crippen molar-refractivity contribution in [3.8, 4) is 0 Å². The number of rotatable bonds is 9. The van der Waals surface area contributed by atoms with Crippen LogP contribution in [0, 0.1) is 29.6 Å². The predicted molar refractivity (Wildman–Crippen MR) is 105 cm³/mol. The smallest absolute Gasteiger partial charge is 0.0717 e. The van der Waals surface area contributed by atoms with Crippen molar-refractivity contribution in [3.63, 3.8) is 0 Å². The molecule has 0 saturated carbocycles. The molecule has 2 nitrogen and oxygen atoms in total. The van der Waals surface area contributed by atoms with Gasteiger partial charge in [0.1, 0.15) is 0 Å². The molecule has 3 atom stereocenters. The Morgan fingerprint density at radius 1 is 0.880 bits per heavy atom. The first kappa shape index (κ1) is 19.9. The molecule has 0 amide bonds. The first-order chi connectivity index (χ1) is 12.0. The van der Waals surface area contributed by atoms with Crippen LogP contribution in [0.1, 0.15) is 33.3 Å². The van der Waals surface area contributed by atoms with E-state index in [1.165, 1.54) is 5.56 Å². The van der Waals surface area contributed by atoms with E-state index in [0.29, 0.717) is 42.3 Å². The molecule has 0 bridgehead atoms. The standard InChI is InChI=1S/C23H34O2/c1-17(2)23(24-5)19(4)22-13-11-21(12-14-22)18(3)15-25-16-20-9-7-6-8-10-20/h6-14,17-19,21-23H,15-16H2,1-5H3/t18-,19-,21?,22?,23-/m0/s1. The molecule has 0 radical (unpaired) electrons. The zero-order valence-electron chi connectivity index (χ0n) is 16.4. The molecule has 0 unspecified atom stereocenters. The SMILES string of the molecule is CO[C@@H](C(C)C)[C@@H](C)C1C=CC([C@@H](C)COCc2ccccc2)C=C1. The normalized spacial score (nSPS) is 23.6. The molecule has 0 saturated heterocycles. The average molecular weight is 343 g/mol. The highest BCUT2D eigenvalue weighted by Crippen LogP contribution is 2.30. The van der Waals surface area contributed by atoms with Gasteiger partial charge in [0.25, 0.3) is 0 Å². The third kappa shape index (κ3) is 5.83. The lowest BCUT2D eigenvalue weighted by Crippen LogP contribution is -2.31. The Balaban J connectivity index is 1.80. The second-order valence-corrected chi connectivity index (χ2v) is 7.71. The summed E-state index contributed by atoms with van der Waals surface area (Å²) in [6, 6.07) is 10.4. The van der Waals surface area contributed by atoms with Crippen LogP contribution in [0.3, 0.4) is 0 Å². The van der Waals surface area contributed by atoms with Crippen molar-refractivity contribution in [3.05, 3.63) is 60.2 Å². The second-order valence-electron chi connectivity index (χ2n) is 7.71. The molecule has 2 heteroatoms. The summed E-state index contributed by atoms with van der Waals surface area (Å²) in [5.74, 6) is 2.42. The second kappa shape index (κ2) is 9.94. The van der Waals surface area contributed by atoms with E-state index in [-0.39, 0.29) is 0 Å². The highest BCUT2D eigenvalue weighted by atomic mass is 16.5. The van der Waals surface area contributed by atoms with Gasteiger partial charge in [0.05, 0.1) is 19.3 Å². The van der Waals surface area contributed by atoms with Crippen LogP contribution in [0.5, 0.6) is 0 Å². The Kier molecular flexibility index (Phi) is 7.92. The summed E-state index contributed by atoms with van der Waals surface area (Å²) < 4.78 is 11.6. The van der Waals surface area contributed by atoms with Crippen molar-refractivity contribution in [1.29, 1.82) is 0 Å². The van der Waals surface area contributed by atoms with Gasteiger partial charge in [-0.2, -0.15) is 0 Å². The number of allylic oxidation sites excluding steroid dienone is 4. The minimum Gasteiger partial charge on any atom is -0.381 e. The van der Waals surface area contributed by atoms with Gasteiger partial charge in [-0.3, -0.25) is 0 Å². The number of hydrogen-bond acceptors (Lipinski definition) is 2. The van der Waals surface area contributed by atoms with E-state index in [9.17, 15) is 0 Å². The van der Waals surface area contributed by atoms with Crippen LogP contribution in [0.15, 0.2) is 54.6 Å². The van der Waals surface area contributed by atoms with Gasteiger partial charge in [0, 0.05) is 7.11 Å². The molecule has 0 heterocycles. The van der Waals surface area contributed by atoms with Crippen molar-refractivity contribution in [2.45, 2.75) is 40.4 Å². The summed E-state index contributed by atoms with van der Waals surface area (Å²) in [5, 5.41) is 0. The van der Waals surface area contributed by atoms with Crippen LogP contribution in [-0.2, 0) is 16.1 Å². The van der Waals surface area contributed by atoms with Crippen LogP contribution in [-0.4, -0.2) is 19.8 Å².